The van der Waals surface area contributed by atoms with Crippen LogP contribution in [0.15, 0.2) is 23.1 Å². The van der Waals surface area contributed by atoms with E-state index in [0.717, 1.165) is 55.0 Å². The zero-order valence-electron chi connectivity index (χ0n) is 21.6. The largest absolute Gasteiger partial charge is 0.490 e. The van der Waals surface area contributed by atoms with Crippen molar-refractivity contribution < 1.29 is 13.9 Å². The molecule has 10 heteroatoms. The number of rotatable bonds is 6. The lowest BCUT2D eigenvalue weighted by Gasteiger charge is -2.29. The summed E-state index contributed by atoms with van der Waals surface area (Å²) in [5.74, 6) is 0.197. The number of nitrogens with one attached hydrogen (secondary N) is 1. The second kappa shape index (κ2) is 10.4. The number of halogens is 1. The third-order valence-corrected chi connectivity index (χ3v) is 7.42. The van der Waals surface area contributed by atoms with Crippen LogP contribution >= 0.6 is 0 Å². The van der Waals surface area contributed by atoms with Gasteiger partial charge in [0.25, 0.3) is 5.91 Å². The van der Waals surface area contributed by atoms with Gasteiger partial charge in [0.1, 0.15) is 23.1 Å². The van der Waals surface area contributed by atoms with Crippen molar-refractivity contribution >= 4 is 11.7 Å². The normalized spacial score (nSPS) is 16.8. The standard InChI is InChI=1S/C27H33FN6O3/c1-16-15-29-25(17(2)30-16)31-26(35)20-13-21(28)22(34-27(36)33-12-8-7-11-24(33)32-34)14-23(20)37-18(3)19-9-5-4-6-10-19/h13-15,18-19H,4-12H2,1-3H3,(H,29,31,35)/t18-/m0/s1. The van der Waals surface area contributed by atoms with Crippen LogP contribution in [0.4, 0.5) is 10.2 Å². The summed E-state index contributed by atoms with van der Waals surface area (Å²) in [5.41, 5.74) is 0.897. The van der Waals surface area contributed by atoms with Gasteiger partial charge in [-0.1, -0.05) is 19.3 Å². The number of amides is 1. The highest BCUT2D eigenvalue weighted by atomic mass is 19.1. The smallest absolute Gasteiger partial charge is 0.350 e. The Kier molecular flexibility index (Phi) is 7.08. The lowest BCUT2D eigenvalue weighted by atomic mass is 9.86. The van der Waals surface area contributed by atoms with Crippen LogP contribution in [0, 0.1) is 25.6 Å². The van der Waals surface area contributed by atoms with Crippen molar-refractivity contribution in [2.24, 2.45) is 5.92 Å². The number of ether oxygens (including phenoxy) is 1. The quantitative estimate of drug-likeness (QED) is 0.525. The topological polar surface area (TPSA) is 104 Å². The minimum absolute atomic E-state index is 0.0272. The molecule has 1 aliphatic heterocycles. The average molecular weight is 509 g/mol. The van der Waals surface area contributed by atoms with Crippen molar-refractivity contribution in [1.29, 1.82) is 0 Å². The maximum absolute atomic E-state index is 15.5. The van der Waals surface area contributed by atoms with Crippen LogP contribution < -0.4 is 15.7 Å². The molecule has 3 aromatic rings. The van der Waals surface area contributed by atoms with Gasteiger partial charge in [0.2, 0.25) is 0 Å². The molecule has 0 saturated heterocycles. The Labute approximate surface area is 215 Å². The van der Waals surface area contributed by atoms with E-state index in [9.17, 15) is 9.59 Å². The van der Waals surface area contributed by atoms with E-state index in [0.29, 0.717) is 36.2 Å². The first-order valence-corrected chi connectivity index (χ1v) is 13.1. The summed E-state index contributed by atoms with van der Waals surface area (Å²) < 4.78 is 24.5. The molecule has 1 N–H and O–H groups in total. The van der Waals surface area contributed by atoms with E-state index in [2.05, 4.69) is 20.4 Å². The highest BCUT2D eigenvalue weighted by Crippen LogP contribution is 2.32. The van der Waals surface area contributed by atoms with Crippen LogP contribution in [0.2, 0.25) is 0 Å². The van der Waals surface area contributed by atoms with Gasteiger partial charge in [-0.25, -0.2) is 14.2 Å². The number of aryl methyl sites for hydroxylation is 3. The molecule has 1 aromatic carbocycles. The summed E-state index contributed by atoms with van der Waals surface area (Å²) >= 11 is 0. The van der Waals surface area contributed by atoms with Crippen LogP contribution in [0.5, 0.6) is 5.75 Å². The van der Waals surface area contributed by atoms with E-state index in [1.54, 1.807) is 17.7 Å². The van der Waals surface area contributed by atoms with Crippen LogP contribution in [-0.4, -0.2) is 36.3 Å². The second-order valence-corrected chi connectivity index (χ2v) is 10.1. The highest BCUT2D eigenvalue weighted by molar-refractivity contribution is 6.06. The molecule has 1 atom stereocenters. The Morgan fingerprint density at radius 1 is 1.16 bits per heavy atom. The molecule has 196 valence electrons. The summed E-state index contributed by atoms with van der Waals surface area (Å²) in [4.78, 5) is 35.0. The summed E-state index contributed by atoms with van der Waals surface area (Å²) in [6.45, 7) is 6.11. The van der Waals surface area contributed by atoms with E-state index < -0.39 is 11.7 Å². The predicted molar refractivity (Wildman–Crippen MR) is 137 cm³/mol. The molecule has 3 heterocycles. The molecule has 0 bridgehead atoms. The number of aromatic nitrogens is 5. The van der Waals surface area contributed by atoms with E-state index in [-0.39, 0.29) is 28.8 Å². The lowest BCUT2D eigenvalue weighted by Crippen LogP contribution is -2.28. The predicted octanol–water partition coefficient (Wildman–Crippen LogP) is 4.52. The highest BCUT2D eigenvalue weighted by Gasteiger charge is 2.27. The van der Waals surface area contributed by atoms with Gasteiger partial charge in [0, 0.05) is 19.0 Å². The minimum atomic E-state index is -0.730. The maximum Gasteiger partial charge on any atom is 0.350 e. The first-order chi connectivity index (χ1) is 17.8. The SMILES string of the molecule is Cc1cnc(NC(=O)c2cc(F)c(-n3nc4n(c3=O)CCCC4)cc2O[C@@H](C)C2CCCCC2)c(C)n1. The first-order valence-electron chi connectivity index (χ1n) is 13.1. The van der Waals surface area contributed by atoms with Crippen LogP contribution in [-0.2, 0) is 13.0 Å². The molecule has 1 aliphatic carbocycles. The molecule has 0 spiro atoms. The number of hydrogen-bond donors (Lipinski definition) is 1. The molecule has 2 aliphatic rings. The maximum atomic E-state index is 15.5. The van der Waals surface area contributed by atoms with E-state index in [1.165, 1.54) is 12.5 Å². The summed E-state index contributed by atoms with van der Waals surface area (Å²) in [5, 5.41) is 7.14. The van der Waals surface area contributed by atoms with Gasteiger partial charge < -0.3 is 10.1 Å². The molecular formula is C27H33FN6O3. The Morgan fingerprint density at radius 3 is 2.68 bits per heavy atom. The molecule has 37 heavy (non-hydrogen) atoms. The molecule has 1 fully saturated rings. The number of hydrogen-bond acceptors (Lipinski definition) is 6. The molecule has 0 radical (unpaired) electrons. The number of anilines is 1. The Hall–Kier alpha value is -3.56. The van der Waals surface area contributed by atoms with Crippen molar-refractivity contribution in [2.75, 3.05) is 5.32 Å². The second-order valence-electron chi connectivity index (χ2n) is 10.1. The summed E-state index contributed by atoms with van der Waals surface area (Å²) in [6, 6.07) is 2.55. The third kappa shape index (κ3) is 5.14. The van der Waals surface area contributed by atoms with Gasteiger partial charge in [0.15, 0.2) is 5.82 Å². The Bertz CT molecular complexity index is 1380. The number of carbonyl (C=O) groups excluding carboxylic acids is 1. The molecule has 1 saturated carbocycles. The number of nitrogens with zero attached hydrogens (tertiary/aromatic N) is 5. The Balaban J connectivity index is 1.53. The zero-order chi connectivity index (χ0) is 26.1. The van der Waals surface area contributed by atoms with Gasteiger partial charge in [0.05, 0.1) is 29.3 Å². The minimum Gasteiger partial charge on any atom is -0.490 e. The van der Waals surface area contributed by atoms with Gasteiger partial charge in [-0.05, 0) is 58.4 Å². The number of benzene rings is 1. The molecule has 5 rings (SSSR count). The van der Waals surface area contributed by atoms with Gasteiger partial charge in [-0.3, -0.25) is 14.3 Å². The molecule has 2 aromatic heterocycles. The van der Waals surface area contributed by atoms with Crippen molar-refractivity contribution in [3.05, 3.63) is 57.4 Å². The number of fused-ring (bicyclic) bond motifs is 1. The fourth-order valence-corrected chi connectivity index (χ4v) is 5.33. The van der Waals surface area contributed by atoms with Crippen molar-refractivity contribution in [1.82, 2.24) is 24.3 Å². The average Bonchev–Trinajstić information content (AvgIpc) is 3.23. The molecule has 9 nitrogen and oxygen atoms in total. The van der Waals surface area contributed by atoms with E-state index in [4.69, 9.17) is 4.74 Å². The monoisotopic (exact) mass is 508 g/mol. The van der Waals surface area contributed by atoms with Crippen molar-refractivity contribution in [3.8, 4) is 11.4 Å². The summed E-state index contributed by atoms with van der Waals surface area (Å²) in [6.07, 6.45) is 9.44. The number of carbonyl (C=O) groups is 1. The van der Waals surface area contributed by atoms with Crippen LogP contribution in [0.3, 0.4) is 0 Å². The molecule has 1 amide bonds. The van der Waals surface area contributed by atoms with Crippen molar-refractivity contribution in [2.45, 2.75) is 84.8 Å². The first kappa shape index (κ1) is 25.1. The summed E-state index contributed by atoms with van der Waals surface area (Å²) in [7, 11) is 0. The van der Waals surface area contributed by atoms with Gasteiger partial charge >= 0.3 is 5.69 Å². The fraction of sp³-hybridized carbons (Fsp3) is 0.519. The van der Waals surface area contributed by atoms with E-state index in [1.807, 2.05) is 13.8 Å². The zero-order valence-corrected chi connectivity index (χ0v) is 21.6. The van der Waals surface area contributed by atoms with Crippen LogP contribution in [0.1, 0.15) is 79.4 Å². The molecular weight excluding hydrogens is 475 g/mol. The van der Waals surface area contributed by atoms with Crippen LogP contribution in [0.25, 0.3) is 5.69 Å². The van der Waals surface area contributed by atoms with Crippen molar-refractivity contribution in [3.63, 3.8) is 0 Å². The van der Waals surface area contributed by atoms with Gasteiger partial charge in [-0.15, -0.1) is 5.10 Å². The van der Waals surface area contributed by atoms with E-state index >= 15 is 4.39 Å². The fourth-order valence-electron chi connectivity index (χ4n) is 5.33. The Morgan fingerprint density at radius 2 is 1.95 bits per heavy atom. The third-order valence-electron chi connectivity index (χ3n) is 7.42. The molecule has 0 unspecified atom stereocenters. The van der Waals surface area contributed by atoms with Gasteiger partial charge in [-0.2, -0.15) is 4.68 Å². The lowest BCUT2D eigenvalue weighted by molar-refractivity contribution is 0.0996.